The number of carbonyl (C=O) groups is 1. The molecule has 0 aliphatic rings. The quantitative estimate of drug-likeness (QED) is 0.924. The summed E-state index contributed by atoms with van der Waals surface area (Å²) >= 11 is 0. The van der Waals surface area contributed by atoms with E-state index in [0.29, 0.717) is 5.69 Å². The van der Waals surface area contributed by atoms with Crippen LogP contribution in [0, 0.1) is 5.82 Å². The Kier molecular flexibility index (Phi) is 3.93. The number of nitrogens with one attached hydrogen (secondary N) is 1. The molecular weight excluding hydrogens is 275 g/mol. The second kappa shape index (κ2) is 5.51. The maximum atomic E-state index is 14.1. The molecule has 0 spiro atoms. The third-order valence-electron chi connectivity index (χ3n) is 2.61. The van der Waals surface area contributed by atoms with Crippen molar-refractivity contribution >= 4 is 11.8 Å². The molecule has 0 atom stereocenters. The van der Waals surface area contributed by atoms with Crippen molar-refractivity contribution in [2.45, 2.75) is 26.4 Å². The normalized spacial score (nSPS) is 11.3. The Bertz CT molecular complexity index is 661. The Balaban J connectivity index is 2.35. The monoisotopic (exact) mass is 292 g/mol. The summed E-state index contributed by atoms with van der Waals surface area (Å²) < 4.78 is 20.9. The zero-order valence-electron chi connectivity index (χ0n) is 12.3. The van der Waals surface area contributed by atoms with E-state index in [9.17, 15) is 9.18 Å². The highest BCUT2D eigenvalue weighted by molar-refractivity contribution is 5.90. The number of rotatable bonds is 2. The SMILES string of the molecule is Cn1cncc1-c1c(F)cncc1NC(=O)OC(C)(C)C. The topological polar surface area (TPSA) is 69.0 Å². The van der Waals surface area contributed by atoms with Gasteiger partial charge in [-0.1, -0.05) is 0 Å². The number of ether oxygens (including phenoxy) is 1. The van der Waals surface area contributed by atoms with Crippen LogP contribution >= 0.6 is 0 Å². The zero-order chi connectivity index (χ0) is 15.6. The smallest absolute Gasteiger partial charge is 0.412 e. The van der Waals surface area contributed by atoms with Gasteiger partial charge >= 0.3 is 6.09 Å². The van der Waals surface area contributed by atoms with Crippen molar-refractivity contribution in [1.29, 1.82) is 0 Å². The Morgan fingerprint density at radius 2 is 2.00 bits per heavy atom. The third kappa shape index (κ3) is 3.56. The number of carbonyl (C=O) groups excluding carboxylic acids is 1. The molecular formula is C14H17FN4O2. The molecule has 6 nitrogen and oxygen atoms in total. The molecule has 2 aromatic heterocycles. The Morgan fingerprint density at radius 3 is 2.57 bits per heavy atom. The lowest BCUT2D eigenvalue weighted by atomic mass is 10.1. The minimum Gasteiger partial charge on any atom is -0.444 e. The Hall–Kier alpha value is -2.44. The van der Waals surface area contributed by atoms with Gasteiger partial charge in [-0.15, -0.1) is 0 Å². The standard InChI is InChI=1S/C14H17FN4O2/c1-14(2,3)21-13(20)18-10-6-16-5-9(15)12(10)11-7-17-8-19(11)4/h5-8H,1-4H3,(H,18,20). The van der Waals surface area contributed by atoms with E-state index in [0.717, 1.165) is 6.20 Å². The summed E-state index contributed by atoms with van der Waals surface area (Å²) in [5, 5.41) is 2.52. The summed E-state index contributed by atoms with van der Waals surface area (Å²) in [6, 6.07) is 0. The van der Waals surface area contributed by atoms with Crippen molar-refractivity contribution in [1.82, 2.24) is 14.5 Å². The fourth-order valence-electron chi connectivity index (χ4n) is 1.80. The minimum atomic E-state index is -0.668. The maximum absolute atomic E-state index is 14.1. The molecule has 0 radical (unpaired) electrons. The summed E-state index contributed by atoms with van der Waals surface area (Å²) in [5.74, 6) is -0.549. The van der Waals surface area contributed by atoms with Gasteiger partial charge in [-0.05, 0) is 20.8 Å². The van der Waals surface area contributed by atoms with Crippen molar-refractivity contribution < 1.29 is 13.9 Å². The van der Waals surface area contributed by atoms with Crippen LogP contribution < -0.4 is 5.32 Å². The van der Waals surface area contributed by atoms with Crippen LogP contribution in [0.2, 0.25) is 0 Å². The lowest BCUT2D eigenvalue weighted by Crippen LogP contribution is -2.27. The van der Waals surface area contributed by atoms with Gasteiger partial charge in [-0.3, -0.25) is 10.3 Å². The number of aryl methyl sites for hydroxylation is 1. The Morgan fingerprint density at radius 1 is 1.29 bits per heavy atom. The van der Waals surface area contributed by atoms with E-state index in [2.05, 4.69) is 15.3 Å². The first-order valence-electron chi connectivity index (χ1n) is 6.38. The van der Waals surface area contributed by atoms with Gasteiger partial charge in [-0.25, -0.2) is 14.2 Å². The lowest BCUT2D eigenvalue weighted by Gasteiger charge is -2.20. The summed E-state index contributed by atoms with van der Waals surface area (Å²) in [4.78, 5) is 19.5. The van der Waals surface area contributed by atoms with E-state index in [-0.39, 0.29) is 11.3 Å². The van der Waals surface area contributed by atoms with Gasteiger partial charge in [0.2, 0.25) is 0 Å². The third-order valence-corrected chi connectivity index (χ3v) is 2.61. The molecule has 1 amide bonds. The molecule has 0 aliphatic heterocycles. The van der Waals surface area contributed by atoms with E-state index >= 15 is 0 Å². The molecule has 112 valence electrons. The van der Waals surface area contributed by atoms with Gasteiger partial charge in [-0.2, -0.15) is 0 Å². The highest BCUT2D eigenvalue weighted by atomic mass is 19.1. The molecule has 1 N–H and O–H groups in total. The fourth-order valence-corrected chi connectivity index (χ4v) is 1.80. The first-order chi connectivity index (χ1) is 9.78. The van der Waals surface area contributed by atoms with Gasteiger partial charge in [0.15, 0.2) is 5.82 Å². The molecule has 21 heavy (non-hydrogen) atoms. The van der Waals surface area contributed by atoms with Crippen molar-refractivity contribution in [3.63, 3.8) is 0 Å². The fraction of sp³-hybridized carbons (Fsp3) is 0.357. The van der Waals surface area contributed by atoms with Gasteiger partial charge in [0, 0.05) is 7.05 Å². The molecule has 7 heteroatoms. The number of anilines is 1. The van der Waals surface area contributed by atoms with E-state index in [4.69, 9.17) is 4.74 Å². The molecule has 0 unspecified atom stereocenters. The number of amides is 1. The van der Waals surface area contributed by atoms with Crippen LogP contribution in [0.5, 0.6) is 0 Å². The number of hydrogen-bond donors (Lipinski definition) is 1. The second-order valence-corrected chi connectivity index (χ2v) is 5.56. The van der Waals surface area contributed by atoms with E-state index in [1.54, 1.807) is 38.7 Å². The van der Waals surface area contributed by atoms with Crippen molar-refractivity contribution in [2.75, 3.05) is 5.32 Å². The molecule has 2 heterocycles. The molecule has 0 saturated carbocycles. The number of hydrogen-bond acceptors (Lipinski definition) is 4. The maximum Gasteiger partial charge on any atom is 0.412 e. The molecule has 0 aromatic carbocycles. The first kappa shape index (κ1) is 15.0. The summed E-state index contributed by atoms with van der Waals surface area (Å²) in [6.07, 6.45) is 4.85. The van der Waals surface area contributed by atoms with Crippen molar-refractivity contribution in [3.05, 3.63) is 30.7 Å². The molecule has 2 rings (SSSR count). The molecule has 0 fully saturated rings. The second-order valence-electron chi connectivity index (χ2n) is 5.56. The van der Waals surface area contributed by atoms with E-state index in [1.807, 2.05) is 0 Å². The average Bonchev–Trinajstić information content (AvgIpc) is 2.73. The highest BCUT2D eigenvalue weighted by Crippen LogP contribution is 2.29. The minimum absolute atomic E-state index is 0.218. The highest BCUT2D eigenvalue weighted by Gasteiger charge is 2.20. The van der Waals surface area contributed by atoms with Gasteiger partial charge in [0.25, 0.3) is 0 Å². The predicted octanol–water partition coefficient (Wildman–Crippen LogP) is 2.97. The van der Waals surface area contributed by atoms with Gasteiger partial charge in [0.05, 0.1) is 41.9 Å². The van der Waals surface area contributed by atoms with Crippen molar-refractivity contribution in [3.8, 4) is 11.3 Å². The van der Waals surface area contributed by atoms with Crippen LogP contribution in [0.1, 0.15) is 20.8 Å². The number of imidazole rings is 1. The van der Waals surface area contributed by atoms with E-state index in [1.165, 1.54) is 12.4 Å². The van der Waals surface area contributed by atoms with Gasteiger partial charge < -0.3 is 9.30 Å². The number of pyridine rings is 1. The summed E-state index contributed by atoms with van der Waals surface area (Å²) in [7, 11) is 1.74. The summed E-state index contributed by atoms with van der Waals surface area (Å²) in [5.41, 5.74) is 0.335. The predicted molar refractivity (Wildman–Crippen MR) is 76.3 cm³/mol. The van der Waals surface area contributed by atoms with Crippen LogP contribution in [-0.4, -0.2) is 26.2 Å². The molecule has 0 bridgehead atoms. The van der Waals surface area contributed by atoms with E-state index < -0.39 is 17.5 Å². The Labute approximate surface area is 122 Å². The number of halogens is 1. The average molecular weight is 292 g/mol. The molecule has 0 aliphatic carbocycles. The number of aromatic nitrogens is 3. The van der Waals surface area contributed by atoms with Crippen LogP contribution in [0.15, 0.2) is 24.9 Å². The summed E-state index contributed by atoms with van der Waals surface area (Å²) in [6.45, 7) is 5.25. The van der Waals surface area contributed by atoms with Crippen LogP contribution in [0.3, 0.4) is 0 Å². The van der Waals surface area contributed by atoms with Gasteiger partial charge in [0.1, 0.15) is 5.60 Å². The van der Waals surface area contributed by atoms with Crippen molar-refractivity contribution in [2.24, 2.45) is 7.05 Å². The van der Waals surface area contributed by atoms with Crippen LogP contribution in [-0.2, 0) is 11.8 Å². The lowest BCUT2D eigenvalue weighted by molar-refractivity contribution is 0.0636. The van der Waals surface area contributed by atoms with Crippen LogP contribution in [0.4, 0.5) is 14.9 Å². The largest absolute Gasteiger partial charge is 0.444 e. The number of nitrogens with zero attached hydrogens (tertiary/aromatic N) is 3. The van der Waals surface area contributed by atoms with Crippen LogP contribution in [0.25, 0.3) is 11.3 Å². The zero-order valence-corrected chi connectivity index (χ0v) is 12.3. The first-order valence-corrected chi connectivity index (χ1v) is 6.38. The molecule has 2 aromatic rings. The molecule has 0 saturated heterocycles.